The third-order valence-electron chi connectivity index (χ3n) is 7.02. The van der Waals surface area contributed by atoms with Gasteiger partial charge in [0.25, 0.3) is 0 Å². The molecule has 3 aliphatic rings. The molecule has 0 unspecified atom stereocenters. The van der Waals surface area contributed by atoms with Gasteiger partial charge in [0, 0.05) is 38.6 Å². The fourth-order valence-electron chi connectivity index (χ4n) is 5.21. The molecule has 0 aromatic heterocycles. The minimum Gasteiger partial charge on any atom is -0.356 e. The largest absolute Gasteiger partial charge is 0.356 e. The monoisotopic (exact) mass is 406 g/mol. The Kier molecular flexibility index (Phi) is 9.09. The second kappa shape index (κ2) is 11.8. The Balaban J connectivity index is 1.24. The molecular weight excluding hydrogens is 364 g/mol. The lowest BCUT2D eigenvalue weighted by atomic mass is 9.93. The highest BCUT2D eigenvalue weighted by Crippen LogP contribution is 2.22. The lowest BCUT2D eigenvalue weighted by Gasteiger charge is -2.33. The number of hydrogen-bond acceptors (Lipinski definition) is 3. The maximum absolute atomic E-state index is 12.5. The molecule has 0 spiro atoms. The lowest BCUT2D eigenvalue weighted by Crippen LogP contribution is -2.48. The summed E-state index contributed by atoms with van der Waals surface area (Å²) in [7, 11) is 0. The van der Waals surface area contributed by atoms with Crippen LogP contribution in [-0.4, -0.2) is 67.0 Å². The first kappa shape index (κ1) is 22.4. The quantitative estimate of drug-likeness (QED) is 0.637. The normalized spacial score (nSPS) is 25.0. The van der Waals surface area contributed by atoms with Gasteiger partial charge in [-0.1, -0.05) is 26.2 Å². The molecule has 6 nitrogen and oxygen atoms in total. The molecule has 2 N–H and O–H groups in total. The third-order valence-corrected chi connectivity index (χ3v) is 7.02. The van der Waals surface area contributed by atoms with E-state index in [-0.39, 0.29) is 11.9 Å². The molecule has 2 heterocycles. The van der Waals surface area contributed by atoms with Crippen molar-refractivity contribution < 1.29 is 9.59 Å². The number of likely N-dealkylation sites (tertiary alicyclic amines) is 2. The average Bonchev–Trinajstić information content (AvgIpc) is 2.72. The van der Waals surface area contributed by atoms with Crippen LogP contribution in [0, 0.1) is 11.8 Å². The summed E-state index contributed by atoms with van der Waals surface area (Å²) in [5.41, 5.74) is 0. The van der Waals surface area contributed by atoms with Gasteiger partial charge in [-0.3, -0.25) is 4.79 Å². The zero-order valence-electron chi connectivity index (χ0n) is 18.5. The highest BCUT2D eigenvalue weighted by atomic mass is 16.2. The molecule has 0 radical (unpaired) electrons. The zero-order chi connectivity index (χ0) is 20.5. The van der Waals surface area contributed by atoms with Crippen LogP contribution < -0.4 is 10.6 Å². The minimum absolute atomic E-state index is 0.104. The second-order valence-corrected chi connectivity index (χ2v) is 9.67. The molecule has 1 atom stereocenters. The Morgan fingerprint density at radius 2 is 1.69 bits per heavy atom. The highest BCUT2D eigenvalue weighted by molar-refractivity contribution is 5.76. The first-order valence-corrected chi connectivity index (χ1v) is 12.1. The van der Waals surface area contributed by atoms with Gasteiger partial charge in [0.2, 0.25) is 5.91 Å². The van der Waals surface area contributed by atoms with Gasteiger partial charge in [-0.05, 0) is 69.9 Å². The molecule has 3 amide bonds. The van der Waals surface area contributed by atoms with E-state index >= 15 is 0 Å². The Morgan fingerprint density at radius 3 is 2.41 bits per heavy atom. The third kappa shape index (κ3) is 7.80. The minimum atomic E-state index is 0.104. The van der Waals surface area contributed by atoms with Crippen molar-refractivity contribution in [1.82, 2.24) is 20.4 Å². The Labute approximate surface area is 177 Å². The summed E-state index contributed by atoms with van der Waals surface area (Å²) >= 11 is 0. The molecule has 2 aliphatic heterocycles. The first-order valence-electron chi connectivity index (χ1n) is 12.1. The molecule has 0 bridgehead atoms. The summed E-state index contributed by atoms with van der Waals surface area (Å²) in [6, 6.07) is 0.472. The van der Waals surface area contributed by atoms with E-state index in [1.54, 1.807) is 0 Å². The molecule has 3 fully saturated rings. The van der Waals surface area contributed by atoms with Gasteiger partial charge in [0.05, 0.1) is 0 Å². The zero-order valence-corrected chi connectivity index (χ0v) is 18.5. The maximum atomic E-state index is 12.5. The fraction of sp³-hybridized carbons (Fsp3) is 0.913. The van der Waals surface area contributed by atoms with Gasteiger partial charge in [-0.15, -0.1) is 0 Å². The molecule has 3 rings (SSSR count). The number of piperidine rings is 2. The number of nitrogens with zero attached hydrogens (tertiary/aromatic N) is 2. The van der Waals surface area contributed by atoms with Crippen molar-refractivity contribution in [3.05, 3.63) is 0 Å². The predicted molar refractivity (Wildman–Crippen MR) is 117 cm³/mol. The van der Waals surface area contributed by atoms with Crippen LogP contribution in [0.1, 0.15) is 77.6 Å². The summed E-state index contributed by atoms with van der Waals surface area (Å²) in [4.78, 5) is 29.2. The summed E-state index contributed by atoms with van der Waals surface area (Å²) in [6.07, 6.45) is 12.2. The topological polar surface area (TPSA) is 64.7 Å². The molecule has 0 aromatic rings. The Bertz CT molecular complexity index is 513. The summed E-state index contributed by atoms with van der Waals surface area (Å²) < 4.78 is 0. The molecule has 2 saturated heterocycles. The number of hydrogen-bond donors (Lipinski definition) is 2. The van der Waals surface area contributed by atoms with Crippen LogP contribution in [0.5, 0.6) is 0 Å². The van der Waals surface area contributed by atoms with E-state index < -0.39 is 0 Å². The molecule has 29 heavy (non-hydrogen) atoms. The molecule has 6 heteroatoms. The Hall–Kier alpha value is -1.30. The van der Waals surface area contributed by atoms with Crippen LogP contribution in [0.2, 0.25) is 0 Å². The molecular formula is C23H42N4O2. The Morgan fingerprint density at radius 1 is 0.931 bits per heavy atom. The van der Waals surface area contributed by atoms with Gasteiger partial charge in [-0.25, -0.2) is 4.79 Å². The van der Waals surface area contributed by atoms with Gasteiger partial charge >= 0.3 is 6.03 Å². The highest BCUT2D eigenvalue weighted by Gasteiger charge is 2.26. The standard InChI is InChI=1S/C23H42N4O2/c1-19-7-5-13-26(18-19)14-6-12-24-22(28)17-20-10-15-27(16-11-20)23(29)25-21-8-3-2-4-9-21/h19-21H,2-18H2,1H3,(H,24,28)(H,25,29)/t19-/m1/s1. The smallest absolute Gasteiger partial charge is 0.317 e. The van der Waals surface area contributed by atoms with Crippen molar-refractivity contribution in [3.8, 4) is 0 Å². The van der Waals surface area contributed by atoms with Crippen molar-refractivity contribution in [2.24, 2.45) is 11.8 Å². The maximum Gasteiger partial charge on any atom is 0.317 e. The summed E-state index contributed by atoms with van der Waals surface area (Å²) in [6.45, 7) is 8.20. The van der Waals surface area contributed by atoms with Gasteiger partial charge < -0.3 is 20.4 Å². The van der Waals surface area contributed by atoms with Gasteiger partial charge in [0.1, 0.15) is 0 Å². The number of carbonyl (C=O) groups is 2. The van der Waals surface area contributed by atoms with Crippen molar-refractivity contribution >= 4 is 11.9 Å². The van der Waals surface area contributed by atoms with E-state index in [0.29, 0.717) is 18.4 Å². The first-order chi connectivity index (χ1) is 14.1. The van der Waals surface area contributed by atoms with Crippen LogP contribution >= 0.6 is 0 Å². The SMILES string of the molecule is C[C@@H]1CCCN(CCCNC(=O)CC2CCN(C(=O)NC3CCCCC3)CC2)C1. The number of carbonyl (C=O) groups excluding carboxylic acids is 2. The summed E-state index contributed by atoms with van der Waals surface area (Å²) in [5.74, 6) is 1.41. The molecule has 1 saturated carbocycles. The van der Waals surface area contributed by atoms with Crippen molar-refractivity contribution in [1.29, 1.82) is 0 Å². The van der Waals surface area contributed by atoms with E-state index in [4.69, 9.17) is 0 Å². The van der Waals surface area contributed by atoms with E-state index in [1.807, 2.05) is 4.90 Å². The van der Waals surface area contributed by atoms with Crippen LogP contribution in [0.25, 0.3) is 0 Å². The number of nitrogens with one attached hydrogen (secondary N) is 2. The number of amides is 3. The molecule has 1 aliphatic carbocycles. The van der Waals surface area contributed by atoms with Crippen LogP contribution in [-0.2, 0) is 4.79 Å². The molecule has 0 aromatic carbocycles. The molecule has 166 valence electrons. The van der Waals surface area contributed by atoms with Crippen LogP contribution in [0.4, 0.5) is 4.79 Å². The van der Waals surface area contributed by atoms with E-state index in [1.165, 1.54) is 45.2 Å². The predicted octanol–water partition coefficient (Wildman–Crippen LogP) is 3.37. The van der Waals surface area contributed by atoms with Gasteiger partial charge in [-0.2, -0.15) is 0 Å². The van der Waals surface area contributed by atoms with Gasteiger partial charge in [0.15, 0.2) is 0 Å². The van der Waals surface area contributed by atoms with Crippen LogP contribution in [0.3, 0.4) is 0 Å². The summed E-state index contributed by atoms with van der Waals surface area (Å²) in [5, 5.41) is 6.32. The van der Waals surface area contributed by atoms with E-state index in [0.717, 1.165) is 64.2 Å². The number of urea groups is 1. The average molecular weight is 407 g/mol. The lowest BCUT2D eigenvalue weighted by molar-refractivity contribution is -0.122. The van der Waals surface area contributed by atoms with E-state index in [2.05, 4.69) is 22.5 Å². The second-order valence-electron chi connectivity index (χ2n) is 9.67. The fourth-order valence-corrected chi connectivity index (χ4v) is 5.21. The van der Waals surface area contributed by atoms with Crippen LogP contribution in [0.15, 0.2) is 0 Å². The van der Waals surface area contributed by atoms with Crippen molar-refractivity contribution in [3.63, 3.8) is 0 Å². The van der Waals surface area contributed by atoms with E-state index in [9.17, 15) is 9.59 Å². The van der Waals surface area contributed by atoms with Crippen molar-refractivity contribution in [2.75, 3.05) is 39.3 Å². The van der Waals surface area contributed by atoms with Crippen molar-refractivity contribution in [2.45, 2.75) is 83.6 Å². The number of rotatable bonds is 7.